The molecule has 0 spiro atoms. The second-order valence-electron chi connectivity index (χ2n) is 5.77. The van der Waals surface area contributed by atoms with E-state index in [1.807, 2.05) is 13.0 Å². The van der Waals surface area contributed by atoms with Crippen LogP contribution in [0.15, 0.2) is 18.2 Å². The third kappa shape index (κ3) is 3.92. The number of nitro benzene ring substituents is 1. The largest absolute Gasteiger partial charge is 0.385 e. The van der Waals surface area contributed by atoms with Gasteiger partial charge >= 0.3 is 0 Å². The number of likely N-dealkylation sites (tertiary alicyclic amines) is 1. The van der Waals surface area contributed by atoms with Gasteiger partial charge in [0.2, 0.25) is 0 Å². The Morgan fingerprint density at radius 3 is 2.81 bits per heavy atom. The highest BCUT2D eigenvalue weighted by atomic mass is 16.6. The van der Waals surface area contributed by atoms with Crippen LogP contribution in [0.1, 0.15) is 18.9 Å². The lowest BCUT2D eigenvalue weighted by molar-refractivity contribution is -0.384. The minimum atomic E-state index is -0.328. The molecule has 1 fully saturated rings. The lowest BCUT2D eigenvalue weighted by Gasteiger charge is -2.21. The fourth-order valence-corrected chi connectivity index (χ4v) is 2.81. The topological polar surface area (TPSA) is 61.7 Å². The van der Waals surface area contributed by atoms with Crippen molar-refractivity contribution in [3.63, 3.8) is 0 Å². The van der Waals surface area contributed by atoms with Gasteiger partial charge < -0.3 is 10.2 Å². The Hall–Kier alpha value is -1.66. The second-order valence-corrected chi connectivity index (χ2v) is 5.77. The molecular formula is C15H24N4O2. The fraction of sp³-hybridized carbons (Fsp3) is 0.600. The van der Waals surface area contributed by atoms with Crippen LogP contribution in [0.2, 0.25) is 0 Å². The van der Waals surface area contributed by atoms with Crippen LogP contribution < -0.4 is 5.32 Å². The first kappa shape index (κ1) is 15.7. The van der Waals surface area contributed by atoms with Gasteiger partial charge in [-0.1, -0.05) is 0 Å². The molecule has 0 bridgehead atoms. The Morgan fingerprint density at radius 1 is 1.48 bits per heavy atom. The average molecular weight is 292 g/mol. The molecule has 116 valence electrons. The molecule has 1 aliphatic rings. The molecule has 0 saturated carbocycles. The van der Waals surface area contributed by atoms with E-state index in [9.17, 15) is 10.1 Å². The third-order valence-electron chi connectivity index (χ3n) is 4.04. The van der Waals surface area contributed by atoms with Crippen molar-refractivity contribution >= 4 is 11.4 Å². The molecule has 1 aliphatic heterocycles. The number of rotatable bonds is 6. The van der Waals surface area contributed by atoms with E-state index in [0.717, 1.165) is 43.9 Å². The van der Waals surface area contributed by atoms with Crippen molar-refractivity contribution in [2.75, 3.05) is 39.0 Å². The molecular weight excluding hydrogens is 268 g/mol. The summed E-state index contributed by atoms with van der Waals surface area (Å²) >= 11 is 0. The minimum Gasteiger partial charge on any atom is -0.385 e. The van der Waals surface area contributed by atoms with Gasteiger partial charge in [0.25, 0.3) is 5.69 Å². The molecule has 6 nitrogen and oxygen atoms in total. The van der Waals surface area contributed by atoms with Gasteiger partial charge in [0.05, 0.1) is 4.92 Å². The number of benzene rings is 1. The third-order valence-corrected chi connectivity index (χ3v) is 4.04. The summed E-state index contributed by atoms with van der Waals surface area (Å²) in [6.45, 7) is 5.65. The lowest BCUT2D eigenvalue weighted by atomic mass is 10.1. The van der Waals surface area contributed by atoms with Gasteiger partial charge in [-0.15, -0.1) is 0 Å². The predicted molar refractivity (Wildman–Crippen MR) is 84.6 cm³/mol. The quantitative estimate of drug-likeness (QED) is 0.643. The van der Waals surface area contributed by atoms with Gasteiger partial charge in [0, 0.05) is 50.0 Å². The summed E-state index contributed by atoms with van der Waals surface area (Å²) in [5.74, 6) is 0. The summed E-state index contributed by atoms with van der Waals surface area (Å²) in [7, 11) is 4.21. The predicted octanol–water partition coefficient (Wildman–Crippen LogP) is 2.16. The summed E-state index contributed by atoms with van der Waals surface area (Å²) < 4.78 is 0. The normalized spacial score (nSPS) is 19.1. The molecule has 1 heterocycles. The number of nitro groups is 1. The van der Waals surface area contributed by atoms with Crippen LogP contribution in [0.25, 0.3) is 0 Å². The Balaban J connectivity index is 2.13. The maximum atomic E-state index is 11.0. The molecule has 1 atom stereocenters. The number of nitrogens with one attached hydrogen (secondary N) is 1. The zero-order chi connectivity index (χ0) is 15.4. The van der Waals surface area contributed by atoms with Crippen molar-refractivity contribution in [1.29, 1.82) is 0 Å². The van der Waals surface area contributed by atoms with Crippen LogP contribution in [0.3, 0.4) is 0 Å². The van der Waals surface area contributed by atoms with Crippen LogP contribution in [0.4, 0.5) is 11.4 Å². The summed E-state index contributed by atoms with van der Waals surface area (Å²) in [4.78, 5) is 15.3. The van der Waals surface area contributed by atoms with Crippen molar-refractivity contribution in [1.82, 2.24) is 9.80 Å². The molecule has 6 heteroatoms. The molecule has 1 aromatic carbocycles. The first-order valence-electron chi connectivity index (χ1n) is 7.41. The summed E-state index contributed by atoms with van der Waals surface area (Å²) in [5, 5.41) is 14.3. The zero-order valence-electron chi connectivity index (χ0n) is 13.0. The van der Waals surface area contributed by atoms with Crippen molar-refractivity contribution in [3.05, 3.63) is 33.9 Å². The highest BCUT2D eigenvalue weighted by Crippen LogP contribution is 2.25. The first-order valence-corrected chi connectivity index (χ1v) is 7.41. The highest BCUT2D eigenvalue weighted by molar-refractivity contribution is 5.56. The Kier molecular flexibility index (Phi) is 5.14. The number of hydrogen-bond acceptors (Lipinski definition) is 5. The van der Waals surface area contributed by atoms with E-state index in [2.05, 4.69) is 29.2 Å². The summed E-state index contributed by atoms with van der Waals surface area (Å²) in [5.41, 5.74) is 2.16. The molecule has 1 saturated heterocycles. The van der Waals surface area contributed by atoms with Crippen LogP contribution in [-0.4, -0.2) is 54.5 Å². The molecule has 0 aromatic heterocycles. The molecule has 21 heavy (non-hydrogen) atoms. The maximum absolute atomic E-state index is 11.0. The average Bonchev–Trinajstić information content (AvgIpc) is 2.89. The van der Waals surface area contributed by atoms with Crippen LogP contribution >= 0.6 is 0 Å². The van der Waals surface area contributed by atoms with E-state index in [-0.39, 0.29) is 10.6 Å². The van der Waals surface area contributed by atoms with Crippen molar-refractivity contribution in [2.24, 2.45) is 0 Å². The van der Waals surface area contributed by atoms with Gasteiger partial charge in [-0.3, -0.25) is 15.0 Å². The second kappa shape index (κ2) is 6.87. The van der Waals surface area contributed by atoms with E-state index in [1.54, 1.807) is 12.1 Å². The fourth-order valence-electron chi connectivity index (χ4n) is 2.81. The van der Waals surface area contributed by atoms with Crippen molar-refractivity contribution < 1.29 is 4.92 Å². The Labute approximate surface area is 125 Å². The van der Waals surface area contributed by atoms with Crippen LogP contribution in [-0.2, 0) is 6.54 Å². The monoisotopic (exact) mass is 292 g/mol. The smallest absolute Gasteiger partial charge is 0.269 e. The number of likely N-dealkylation sites (N-methyl/N-ethyl adjacent to an activating group) is 1. The molecule has 0 radical (unpaired) electrons. The summed E-state index contributed by atoms with van der Waals surface area (Å²) in [6.07, 6.45) is 1.15. The van der Waals surface area contributed by atoms with E-state index >= 15 is 0 Å². The standard InChI is InChI=1S/C15H24N4O2/c1-4-16-15-6-5-13(19(20)21)9-12(15)10-18-8-7-14(11-18)17(2)3/h5-6,9,14,16H,4,7-8,10-11H2,1-3H3. The molecule has 2 rings (SSSR count). The number of non-ortho nitro benzene ring substituents is 1. The van der Waals surface area contributed by atoms with E-state index in [4.69, 9.17) is 0 Å². The highest BCUT2D eigenvalue weighted by Gasteiger charge is 2.24. The van der Waals surface area contributed by atoms with Crippen molar-refractivity contribution in [3.8, 4) is 0 Å². The molecule has 1 unspecified atom stereocenters. The van der Waals surface area contributed by atoms with Gasteiger partial charge in [-0.25, -0.2) is 0 Å². The molecule has 1 aromatic rings. The van der Waals surface area contributed by atoms with Crippen LogP contribution in [0, 0.1) is 10.1 Å². The number of anilines is 1. The SMILES string of the molecule is CCNc1ccc([N+](=O)[O-])cc1CN1CCC(N(C)C)C1. The maximum Gasteiger partial charge on any atom is 0.269 e. The van der Waals surface area contributed by atoms with E-state index in [0.29, 0.717) is 6.04 Å². The van der Waals surface area contributed by atoms with E-state index < -0.39 is 0 Å². The Bertz CT molecular complexity index is 504. The lowest BCUT2D eigenvalue weighted by Crippen LogP contribution is -2.31. The minimum absolute atomic E-state index is 0.162. The van der Waals surface area contributed by atoms with Crippen molar-refractivity contribution in [2.45, 2.75) is 25.9 Å². The Morgan fingerprint density at radius 2 is 2.24 bits per heavy atom. The zero-order valence-corrected chi connectivity index (χ0v) is 13.0. The van der Waals surface area contributed by atoms with E-state index in [1.165, 1.54) is 0 Å². The molecule has 0 aliphatic carbocycles. The van der Waals surface area contributed by atoms with Gasteiger partial charge in [-0.05, 0) is 39.1 Å². The molecule has 0 amide bonds. The van der Waals surface area contributed by atoms with Gasteiger partial charge in [0.15, 0.2) is 0 Å². The first-order chi connectivity index (χ1) is 10.0. The molecule has 1 N–H and O–H groups in total. The number of hydrogen-bond donors (Lipinski definition) is 1. The van der Waals surface area contributed by atoms with Crippen LogP contribution in [0.5, 0.6) is 0 Å². The van der Waals surface area contributed by atoms with Gasteiger partial charge in [0.1, 0.15) is 0 Å². The summed E-state index contributed by atoms with van der Waals surface area (Å²) in [6, 6.07) is 5.65. The number of nitrogens with zero attached hydrogens (tertiary/aromatic N) is 3. The van der Waals surface area contributed by atoms with Gasteiger partial charge in [-0.2, -0.15) is 0 Å².